The van der Waals surface area contributed by atoms with Crippen molar-refractivity contribution >= 4 is 17.1 Å². The molecule has 158 valence electrons. The van der Waals surface area contributed by atoms with E-state index in [4.69, 9.17) is 0 Å². The summed E-state index contributed by atoms with van der Waals surface area (Å²) in [7, 11) is 8.32. The third-order valence-electron chi connectivity index (χ3n) is 5.59. The van der Waals surface area contributed by atoms with Crippen molar-refractivity contribution in [2.75, 3.05) is 49.9 Å². The van der Waals surface area contributed by atoms with Crippen molar-refractivity contribution < 1.29 is 0 Å². The van der Waals surface area contributed by atoms with Crippen molar-refractivity contribution in [2.45, 2.75) is 25.7 Å². The van der Waals surface area contributed by atoms with Crippen LogP contribution in [0.4, 0.5) is 17.1 Å². The summed E-state index contributed by atoms with van der Waals surface area (Å²) in [5, 5.41) is 3.52. The van der Waals surface area contributed by atoms with Gasteiger partial charge in [-0.25, -0.2) is 0 Å². The number of unbranched alkanes of at least 4 members (excludes halogenated alkanes) is 1. The Bertz CT molecular complexity index is 843. The third-order valence-corrected chi connectivity index (χ3v) is 5.59. The molecule has 0 unspecified atom stereocenters. The average Bonchev–Trinajstić information content (AvgIpc) is 2.76. The summed E-state index contributed by atoms with van der Waals surface area (Å²) in [5.74, 6) is 0.210. The van der Waals surface area contributed by atoms with E-state index in [0.717, 1.165) is 6.54 Å². The number of nitrogens with zero attached hydrogens (tertiary/aromatic N) is 2. The predicted molar refractivity (Wildman–Crippen MR) is 132 cm³/mol. The first-order chi connectivity index (χ1) is 14.5. The number of benzene rings is 3. The fraction of sp³-hybridized carbons (Fsp3) is 0.333. The van der Waals surface area contributed by atoms with Crippen LogP contribution in [0.15, 0.2) is 72.8 Å². The number of anilines is 3. The minimum atomic E-state index is 0.210. The zero-order chi connectivity index (χ0) is 21.5. The van der Waals surface area contributed by atoms with E-state index < -0.39 is 0 Å². The highest BCUT2D eigenvalue weighted by atomic mass is 15.1. The van der Waals surface area contributed by atoms with Crippen LogP contribution >= 0.6 is 0 Å². The first-order valence-electron chi connectivity index (χ1n) is 10.9. The average molecular weight is 402 g/mol. The molecule has 0 aromatic heterocycles. The molecule has 0 heterocycles. The molecule has 0 aliphatic heterocycles. The fourth-order valence-corrected chi connectivity index (χ4v) is 3.71. The Morgan fingerprint density at radius 1 is 0.633 bits per heavy atom. The summed E-state index contributed by atoms with van der Waals surface area (Å²) in [6, 6.07) is 26.8. The third kappa shape index (κ3) is 5.35. The Kier molecular flexibility index (Phi) is 7.40. The van der Waals surface area contributed by atoms with E-state index in [1.807, 2.05) is 0 Å². The fourth-order valence-electron chi connectivity index (χ4n) is 3.71. The van der Waals surface area contributed by atoms with Crippen LogP contribution in [0.3, 0.4) is 0 Å². The Labute approximate surface area is 182 Å². The quantitative estimate of drug-likeness (QED) is 0.340. The Balaban J connectivity index is 1.94. The minimum absolute atomic E-state index is 0.210. The molecule has 0 aliphatic rings. The van der Waals surface area contributed by atoms with E-state index in [0.29, 0.717) is 0 Å². The molecule has 3 aromatic carbocycles. The molecule has 3 rings (SSSR count). The number of rotatable bonds is 9. The summed E-state index contributed by atoms with van der Waals surface area (Å²) in [6.07, 6.45) is 2.40. The van der Waals surface area contributed by atoms with Crippen molar-refractivity contribution in [1.82, 2.24) is 0 Å². The topological polar surface area (TPSA) is 18.5 Å². The number of nitrogens with one attached hydrogen (secondary N) is 1. The summed E-state index contributed by atoms with van der Waals surface area (Å²) in [4.78, 5) is 4.28. The van der Waals surface area contributed by atoms with E-state index >= 15 is 0 Å². The molecule has 3 aromatic rings. The van der Waals surface area contributed by atoms with Gasteiger partial charge in [-0.3, -0.25) is 0 Å². The maximum atomic E-state index is 3.52. The Morgan fingerprint density at radius 3 is 1.40 bits per heavy atom. The lowest BCUT2D eigenvalue weighted by molar-refractivity contribution is 0.834. The van der Waals surface area contributed by atoms with Gasteiger partial charge in [-0.2, -0.15) is 0 Å². The smallest absolute Gasteiger partial charge is 0.0361 e. The monoisotopic (exact) mass is 401 g/mol. The molecule has 0 aliphatic carbocycles. The highest BCUT2D eigenvalue weighted by Gasteiger charge is 2.17. The second-order valence-electron chi connectivity index (χ2n) is 8.31. The standard InChI is InChI=1S/C27H35N3/c1-6-7-20-28-24-14-8-21(9-15-24)27(22-10-16-25(17-11-22)29(2)3)23-12-18-26(19-13-23)30(4)5/h8-19,27-28H,6-7,20H2,1-5H3. The van der Waals surface area contributed by atoms with E-state index in [1.54, 1.807) is 0 Å². The first-order valence-corrected chi connectivity index (χ1v) is 10.9. The van der Waals surface area contributed by atoms with E-state index in [9.17, 15) is 0 Å². The van der Waals surface area contributed by atoms with Gasteiger partial charge in [-0.1, -0.05) is 49.7 Å². The van der Waals surface area contributed by atoms with Crippen LogP contribution in [0, 0.1) is 0 Å². The van der Waals surface area contributed by atoms with Crippen LogP contribution in [0.5, 0.6) is 0 Å². The molecule has 0 radical (unpaired) electrons. The largest absolute Gasteiger partial charge is 0.385 e. The van der Waals surface area contributed by atoms with Crippen molar-refractivity contribution in [2.24, 2.45) is 0 Å². The van der Waals surface area contributed by atoms with Gasteiger partial charge in [0.2, 0.25) is 0 Å². The van der Waals surface area contributed by atoms with Crippen LogP contribution in [0.25, 0.3) is 0 Å². The molecule has 0 bridgehead atoms. The molecular formula is C27H35N3. The lowest BCUT2D eigenvalue weighted by Gasteiger charge is -2.22. The van der Waals surface area contributed by atoms with Crippen LogP contribution in [-0.2, 0) is 0 Å². The van der Waals surface area contributed by atoms with Gasteiger partial charge in [0.25, 0.3) is 0 Å². The molecular weight excluding hydrogens is 366 g/mol. The van der Waals surface area contributed by atoms with Crippen LogP contribution in [-0.4, -0.2) is 34.7 Å². The highest BCUT2D eigenvalue weighted by molar-refractivity contribution is 5.55. The molecule has 0 amide bonds. The number of hydrogen-bond donors (Lipinski definition) is 1. The van der Waals surface area contributed by atoms with Gasteiger partial charge in [0.05, 0.1) is 0 Å². The lowest BCUT2D eigenvalue weighted by atomic mass is 9.85. The summed E-state index contributed by atoms with van der Waals surface area (Å²) >= 11 is 0. The second-order valence-corrected chi connectivity index (χ2v) is 8.31. The van der Waals surface area contributed by atoms with E-state index in [1.165, 1.54) is 46.6 Å². The zero-order valence-corrected chi connectivity index (χ0v) is 19.0. The minimum Gasteiger partial charge on any atom is -0.385 e. The van der Waals surface area contributed by atoms with Crippen LogP contribution in [0.1, 0.15) is 42.4 Å². The van der Waals surface area contributed by atoms with Gasteiger partial charge in [0.1, 0.15) is 0 Å². The van der Waals surface area contributed by atoms with Crippen LogP contribution < -0.4 is 15.1 Å². The molecule has 30 heavy (non-hydrogen) atoms. The molecule has 3 heteroatoms. The van der Waals surface area contributed by atoms with Gasteiger partial charge < -0.3 is 15.1 Å². The van der Waals surface area contributed by atoms with Crippen molar-refractivity contribution in [3.63, 3.8) is 0 Å². The Morgan fingerprint density at radius 2 is 1.03 bits per heavy atom. The van der Waals surface area contributed by atoms with Gasteiger partial charge in [-0.15, -0.1) is 0 Å². The molecule has 0 spiro atoms. The van der Waals surface area contributed by atoms with Gasteiger partial charge in [-0.05, 0) is 59.5 Å². The summed E-state index contributed by atoms with van der Waals surface area (Å²) in [5.41, 5.74) is 7.56. The maximum Gasteiger partial charge on any atom is 0.0361 e. The SMILES string of the molecule is CCCCNc1ccc(C(c2ccc(N(C)C)cc2)c2ccc(N(C)C)cc2)cc1. The van der Waals surface area contributed by atoms with Gasteiger partial charge in [0.15, 0.2) is 0 Å². The van der Waals surface area contributed by atoms with Crippen LogP contribution in [0.2, 0.25) is 0 Å². The molecule has 3 nitrogen and oxygen atoms in total. The molecule has 0 saturated carbocycles. The Hall–Kier alpha value is -2.94. The lowest BCUT2D eigenvalue weighted by Crippen LogP contribution is -2.10. The zero-order valence-electron chi connectivity index (χ0n) is 19.0. The normalized spacial score (nSPS) is 10.9. The summed E-state index contributed by atoms with van der Waals surface area (Å²) < 4.78 is 0. The summed E-state index contributed by atoms with van der Waals surface area (Å²) in [6.45, 7) is 3.25. The highest BCUT2D eigenvalue weighted by Crippen LogP contribution is 2.34. The predicted octanol–water partition coefficient (Wildman–Crippen LogP) is 6.21. The van der Waals surface area contributed by atoms with Gasteiger partial charge in [0, 0.05) is 57.7 Å². The van der Waals surface area contributed by atoms with E-state index in [2.05, 4.69) is 123 Å². The molecule has 0 atom stereocenters. The number of hydrogen-bond acceptors (Lipinski definition) is 3. The molecule has 0 fully saturated rings. The van der Waals surface area contributed by atoms with Crippen molar-refractivity contribution in [3.8, 4) is 0 Å². The first kappa shape index (κ1) is 21.8. The van der Waals surface area contributed by atoms with Crippen molar-refractivity contribution in [3.05, 3.63) is 89.5 Å². The second kappa shape index (κ2) is 10.2. The van der Waals surface area contributed by atoms with Gasteiger partial charge >= 0.3 is 0 Å². The molecule has 1 N–H and O–H groups in total. The molecule has 0 saturated heterocycles. The van der Waals surface area contributed by atoms with Crippen molar-refractivity contribution in [1.29, 1.82) is 0 Å². The maximum absolute atomic E-state index is 3.52. The van der Waals surface area contributed by atoms with E-state index in [-0.39, 0.29) is 5.92 Å².